The summed E-state index contributed by atoms with van der Waals surface area (Å²) in [6, 6.07) is 16.0. The highest BCUT2D eigenvalue weighted by Gasteiger charge is 2.22. The highest BCUT2D eigenvalue weighted by atomic mass is 16.5. The standard InChI is InChI=1S/C21H21NO5/c23-19(15-27-21(25)11-13-26-18-8-2-1-3-9-18)16-6-4-7-17(14-16)22-12-5-10-20(22)24/h1-4,6-9,14H,5,10-13,15H2. The fourth-order valence-electron chi connectivity index (χ4n) is 2.84. The van der Waals surface area contributed by atoms with Crippen molar-refractivity contribution in [2.45, 2.75) is 19.3 Å². The Morgan fingerprint density at radius 2 is 1.85 bits per heavy atom. The smallest absolute Gasteiger partial charge is 0.309 e. The summed E-state index contributed by atoms with van der Waals surface area (Å²) in [5.41, 5.74) is 1.12. The Labute approximate surface area is 157 Å². The average molecular weight is 367 g/mol. The number of nitrogens with zero attached hydrogens (tertiary/aromatic N) is 1. The van der Waals surface area contributed by atoms with Crippen LogP contribution < -0.4 is 9.64 Å². The second-order valence-corrected chi connectivity index (χ2v) is 6.19. The molecule has 1 amide bonds. The van der Waals surface area contributed by atoms with E-state index in [0.29, 0.717) is 30.0 Å². The van der Waals surface area contributed by atoms with Crippen molar-refractivity contribution in [1.82, 2.24) is 0 Å². The van der Waals surface area contributed by atoms with Gasteiger partial charge in [-0.15, -0.1) is 0 Å². The molecule has 0 unspecified atom stereocenters. The summed E-state index contributed by atoms with van der Waals surface area (Å²) < 4.78 is 10.5. The molecule has 27 heavy (non-hydrogen) atoms. The first kappa shape index (κ1) is 18.6. The number of para-hydroxylation sites is 1. The first-order chi connectivity index (χ1) is 13.1. The largest absolute Gasteiger partial charge is 0.493 e. The minimum atomic E-state index is -0.495. The van der Waals surface area contributed by atoms with Gasteiger partial charge in [0.15, 0.2) is 12.4 Å². The third kappa shape index (κ3) is 5.17. The Morgan fingerprint density at radius 3 is 2.59 bits per heavy atom. The Morgan fingerprint density at radius 1 is 1.04 bits per heavy atom. The molecular formula is C21H21NO5. The summed E-state index contributed by atoms with van der Waals surface area (Å²) in [5, 5.41) is 0. The van der Waals surface area contributed by atoms with Crippen LogP contribution in [0, 0.1) is 0 Å². The van der Waals surface area contributed by atoms with Crippen LogP contribution >= 0.6 is 0 Å². The molecule has 0 atom stereocenters. The summed E-state index contributed by atoms with van der Waals surface area (Å²) in [6.45, 7) is 0.512. The lowest BCUT2D eigenvalue weighted by Gasteiger charge is -2.16. The van der Waals surface area contributed by atoms with Crippen LogP contribution in [0.15, 0.2) is 54.6 Å². The number of ketones is 1. The van der Waals surface area contributed by atoms with Gasteiger partial charge in [-0.1, -0.05) is 30.3 Å². The van der Waals surface area contributed by atoms with E-state index < -0.39 is 5.97 Å². The molecule has 6 heteroatoms. The lowest BCUT2D eigenvalue weighted by atomic mass is 10.1. The summed E-state index contributed by atoms with van der Waals surface area (Å²) >= 11 is 0. The molecule has 0 bridgehead atoms. The Kier molecular flexibility index (Phi) is 6.20. The second kappa shape index (κ2) is 8.98. The minimum absolute atomic E-state index is 0.0597. The normalized spacial score (nSPS) is 13.5. The molecule has 6 nitrogen and oxygen atoms in total. The highest BCUT2D eigenvalue weighted by Crippen LogP contribution is 2.22. The van der Waals surface area contributed by atoms with Crippen molar-refractivity contribution in [3.63, 3.8) is 0 Å². The first-order valence-corrected chi connectivity index (χ1v) is 8.90. The molecule has 1 aliphatic rings. The molecule has 1 aliphatic heterocycles. The van der Waals surface area contributed by atoms with Gasteiger partial charge < -0.3 is 14.4 Å². The van der Waals surface area contributed by atoms with Gasteiger partial charge in [0.1, 0.15) is 5.75 Å². The summed E-state index contributed by atoms with van der Waals surface area (Å²) in [5.74, 6) is -0.0647. The number of carbonyl (C=O) groups is 3. The number of ether oxygens (including phenoxy) is 2. The maximum absolute atomic E-state index is 12.3. The van der Waals surface area contributed by atoms with Crippen LogP contribution in [0.1, 0.15) is 29.6 Å². The predicted octanol–water partition coefficient (Wildman–Crippen LogP) is 3.01. The van der Waals surface area contributed by atoms with E-state index in [0.717, 1.165) is 6.42 Å². The number of rotatable bonds is 8. The van der Waals surface area contributed by atoms with Gasteiger partial charge in [0, 0.05) is 24.2 Å². The quantitative estimate of drug-likeness (QED) is 0.530. The molecule has 1 fully saturated rings. The molecule has 2 aromatic rings. The lowest BCUT2D eigenvalue weighted by Crippen LogP contribution is -2.24. The molecule has 1 saturated heterocycles. The SMILES string of the molecule is O=C(CCOc1ccccc1)OCC(=O)c1cccc(N2CCCC2=O)c1. The fourth-order valence-corrected chi connectivity index (χ4v) is 2.84. The number of anilines is 1. The third-order valence-electron chi connectivity index (χ3n) is 4.24. The van der Waals surface area contributed by atoms with Gasteiger partial charge in [0.2, 0.25) is 5.91 Å². The third-order valence-corrected chi connectivity index (χ3v) is 4.24. The van der Waals surface area contributed by atoms with Gasteiger partial charge in [-0.05, 0) is 30.7 Å². The Bertz CT molecular complexity index is 818. The lowest BCUT2D eigenvalue weighted by molar-refractivity contribution is -0.143. The Balaban J connectivity index is 1.46. The molecule has 0 N–H and O–H groups in total. The van der Waals surface area contributed by atoms with E-state index in [1.165, 1.54) is 0 Å². The number of carbonyl (C=O) groups excluding carboxylic acids is 3. The maximum Gasteiger partial charge on any atom is 0.309 e. The monoisotopic (exact) mass is 367 g/mol. The number of esters is 1. The van der Waals surface area contributed by atoms with Gasteiger partial charge in [0.05, 0.1) is 13.0 Å². The van der Waals surface area contributed by atoms with Gasteiger partial charge in [-0.25, -0.2) is 0 Å². The minimum Gasteiger partial charge on any atom is -0.493 e. The highest BCUT2D eigenvalue weighted by molar-refractivity contribution is 6.01. The van der Waals surface area contributed by atoms with E-state index in [2.05, 4.69) is 0 Å². The number of Topliss-reactive ketones (excluding diaryl/α,β-unsaturated/α-hetero) is 1. The zero-order valence-electron chi connectivity index (χ0n) is 14.9. The van der Waals surface area contributed by atoms with Crippen LogP contribution in [-0.4, -0.2) is 37.4 Å². The number of amides is 1. The van der Waals surface area contributed by atoms with E-state index in [-0.39, 0.29) is 31.3 Å². The van der Waals surface area contributed by atoms with E-state index >= 15 is 0 Å². The first-order valence-electron chi connectivity index (χ1n) is 8.90. The fraction of sp³-hybridized carbons (Fsp3) is 0.286. The Hall–Kier alpha value is -3.15. The van der Waals surface area contributed by atoms with Crippen molar-refractivity contribution in [3.8, 4) is 5.75 Å². The topological polar surface area (TPSA) is 72.9 Å². The van der Waals surface area contributed by atoms with Crippen LogP contribution in [-0.2, 0) is 14.3 Å². The number of benzene rings is 2. The number of hydrogen-bond acceptors (Lipinski definition) is 5. The molecule has 0 saturated carbocycles. The molecule has 0 aliphatic carbocycles. The van der Waals surface area contributed by atoms with Crippen molar-refractivity contribution in [3.05, 3.63) is 60.2 Å². The van der Waals surface area contributed by atoms with Crippen LogP contribution in [0.25, 0.3) is 0 Å². The average Bonchev–Trinajstić information content (AvgIpc) is 3.13. The molecule has 140 valence electrons. The van der Waals surface area contributed by atoms with Gasteiger partial charge in [-0.3, -0.25) is 14.4 Å². The molecule has 0 spiro atoms. The zero-order valence-corrected chi connectivity index (χ0v) is 14.9. The van der Waals surface area contributed by atoms with Crippen LogP contribution in [0.4, 0.5) is 5.69 Å². The van der Waals surface area contributed by atoms with E-state index in [1.807, 2.05) is 18.2 Å². The molecule has 3 rings (SSSR count). The van der Waals surface area contributed by atoms with E-state index in [9.17, 15) is 14.4 Å². The van der Waals surface area contributed by atoms with Gasteiger partial charge in [0.25, 0.3) is 0 Å². The molecule has 0 aromatic heterocycles. The van der Waals surface area contributed by atoms with Gasteiger partial charge >= 0.3 is 5.97 Å². The van der Waals surface area contributed by atoms with Crippen molar-refractivity contribution < 1.29 is 23.9 Å². The summed E-state index contributed by atoms with van der Waals surface area (Å²) in [7, 11) is 0. The number of hydrogen-bond donors (Lipinski definition) is 0. The molecule has 2 aromatic carbocycles. The zero-order chi connectivity index (χ0) is 19.1. The predicted molar refractivity (Wildman–Crippen MR) is 99.9 cm³/mol. The molecule has 1 heterocycles. The van der Waals surface area contributed by atoms with Crippen molar-refractivity contribution in [1.29, 1.82) is 0 Å². The van der Waals surface area contributed by atoms with E-state index in [4.69, 9.17) is 9.47 Å². The van der Waals surface area contributed by atoms with Crippen LogP contribution in [0.2, 0.25) is 0 Å². The van der Waals surface area contributed by atoms with E-state index in [1.54, 1.807) is 41.3 Å². The summed E-state index contributed by atoms with van der Waals surface area (Å²) in [4.78, 5) is 37.6. The van der Waals surface area contributed by atoms with Gasteiger partial charge in [-0.2, -0.15) is 0 Å². The van der Waals surface area contributed by atoms with Crippen molar-refractivity contribution in [2.24, 2.45) is 0 Å². The molecule has 0 radical (unpaired) electrons. The van der Waals surface area contributed by atoms with Crippen LogP contribution in [0.5, 0.6) is 5.75 Å². The van der Waals surface area contributed by atoms with Crippen molar-refractivity contribution >= 4 is 23.3 Å². The molecular weight excluding hydrogens is 346 g/mol. The van der Waals surface area contributed by atoms with Crippen LogP contribution in [0.3, 0.4) is 0 Å². The second-order valence-electron chi connectivity index (χ2n) is 6.19. The summed E-state index contributed by atoms with van der Waals surface area (Å²) in [6.07, 6.45) is 1.41. The van der Waals surface area contributed by atoms with Crippen molar-refractivity contribution in [2.75, 3.05) is 24.7 Å². The maximum atomic E-state index is 12.3.